The van der Waals surface area contributed by atoms with Gasteiger partial charge in [-0.25, -0.2) is 8.42 Å². The molecule has 5 heteroatoms. The van der Waals surface area contributed by atoms with E-state index >= 15 is 0 Å². The fourth-order valence-electron chi connectivity index (χ4n) is 1.33. The molecule has 1 N–H and O–H groups in total. The lowest BCUT2D eigenvalue weighted by molar-refractivity contribution is 0.210. The molecule has 1 rings (SSSR count). The van der Waals surface area contributed by atoms with E-state index in [0.29, 0.717) is 23.7 Å². The molecule has 0 unspecified atom stereocenters. The molecule has 0 bridgehead atoms. The van der Waals surface area contributed by atoms with Gasteiger partial charge >= 0.3 is 0 Å². The summed E-state index contributed by atoms with van der Waals surface area (Å²) in [5, 5.41) is 3.05. The maximum atomic E-state index is 11.8. The first-order chi connectivity index (χ1) is 7.61. The summed E-state index contributed by atoms with van der Waals surface area (Å²) < 4.78 is 28.5. The molecular weight excluding hydrogens is 226 g/mol. The van der Waals surface area contributed by atoms with E-state index in [1.807, 2.05) is 6.07 Å². The van der Waals surface area contributed by atoms with Crippen LogP contribution in [0.3, 0.4) is 0 Å². The van der Waals surface area contributed by atoms with Crippen molar-refractivity contribution in [3.8, 4) is 0 Å². The summed E-state index contributed by atoms with van der Waals surface area (Å²) in [4.78, 5) is 0.355. The van der Waals surface area contributed by atoms with Crippen molar-refractivity contribution in [2.45, 2.75) is 11.8 Å². The van der Waals surface area contributed by atoms with Gasteiger partial charge in [0.25, 0.3) is 0 Å². The highest BCUT2D eigenvalue weighted by Crippen LogP contribution is 2.21. The molecule has 0 aromatic heterocycles. The second-order valence-corrected chi connectivity index (χ2v) is 5.57. The van der Waals surface area contributed by atoms with Gasteiger partial charge in [0.15, 0.2) is 9.84 Å². The fourth-order valence-corrected chi connectivity index (χ4v) is 2.40. The molecule has 0 spiro atoms. The van der Waals surface area contributed by atoms with Crippen molar-refractivity contribution in [2.24, 2.45) is 0 Å². The Balaban J connectivity index is 2.92. The first-order valence-electron chi connectivity index (χ1n) is 5.16. The second kappa shape index (κ2) is 5.86. The van der Waals surface area contributed by atoms with Gasteiger partial charge in [-0.3, -0.25) is 0 Å². The number of para-hydroxylation sites is 1. The van der Waals surface area contributed by atoms with Gasteiger partial charge in [-0.15, -0.1) is 0 Å². The van der Waals surface area contributed by atoms with E-state index in [2.05, 4.69) is 5.32 Å². The molecule has 0 aliphatic heterocycles. The molecular formula is C11H17NO3S. The van der Waals surface area contributed by atoms with Crippen LogP contribution in [0, 0.1) is 0 Å². The van der Waals surface area contributed by atoms with Gasteiger partial charge in [0, 0.05) is 13.7 Å². The average molecular weight is 243 g/mol. The highest BCUT2D eigenvalue weighted by atomic mass is 32.2. The molecule has 0 aliphatic rings. The summed E-state index contributed by atoms with van der Waals surface area (Å²) >= 11 is 0. The average Bonchev–Trinajstić information content (AvgIpc) is 2.30. The van der Waals surface area contributed by atoms with Crippen molar-refractivity contribution in [1.82, 2.24) is 0 Å². The Labute approximate surface area is 96.5 Å². The SMILES string of the molecule is CCS(=O)(=O)c1ccccc1NCCOC. The summed E-state index contributed by atoms with van der Waals surface area (Å²) in [5.41, 5.74) is 0.640. The number of rotatable bonds is 6. The van der Waals surface area contributed by atoms with Crippen molar-refractivity contribution >= 4 is 15.5 Å². The normalized spacial score (nSPS) is 11.4. The smallest absolute Gasteiger partial charge is 0.180 e. The Morgan fingerprint density at radius 2 is 2.00 bits per heavy atom. The van der Waals surface area contributed by atoms with E-state index in [1.54, 1.807) is 32.2 Å². The molecule has 90 valence electrons. The van der Waals surface area contributed by atoms with E-state index in [1.165, 1.54) is 0 Å². The maximum Gasteiger partial charge on any atom is 0.180 e. The molecule has 0 aliphatic carbocycles. The van der Waals surface area contributed by atoms with Crippen molar-refractivity contribution in [2.75, 3.05) is 31.3 Å². The Morgan fingerprint density at radius 3 is 2.62 bits per heavy atom. The molecule has 1 aromatic rings. The number of sulfone groups is 1. The molecule has 1 aromatic carbocycles. The van der Waals surface area contributed by atoms with Gasteiger partial charge in [-0.2, -0.15) is 0 Å². The van der Waals surface area contributed by atoms with E-state index in [4.69, 9.17) is 4.74 Å². The van der Waals surface area contributed by atoms with Crippen molar-refractivity contribution in [3.63, 3.8) is 0 Å². The summed E-state index contributed by atoms with van der Waals surface area (Å²) in [6.45, 7) is 2.77. The predicted octanol–water partition coefficient (Wildman–Crippen LogP) is 1.54. The van der Waals surface area contributed by atoms with Crippen molar-refractivity contribution in [3.05, 3.63) is 24.3 Å². The molecule has 0 radical (unpaired) electrons. The summed E-state index contributed by atoms with van der Waals surface area (Å²) in [7, 11) is -1.56. The van der Waals surface area contributed by atoms with Crippen LogP contribution >= 0.6 is 0 Å². The second-order valence-electron chi connectivity index (χ2n) is 3.32. The number of ether oxygens (including phenoxy) is 1. The minimum atomic E-state index is -3.17. The monoisotopic (exact) mass is 243 g/mol. The van der Waals surface area contributed by atoms with Crippen LogP contribution in [-0.2, 0) is 14.6 Å². The van der Waals surface area contributed by atoms with Gasteiger partial charge in [0.2, 0.25) is 0 Å². The Hall–Kier alpha value is -1.07. The molecule has 0 saturated heterocycles. The first-order valence-corrected chi connectivity index (χ1v) is 6.81. The molecule has 4 nitrogen and oxygen atoms in total. The van der Waals surface area contributed by atoms with Crippen LogP contribution < -0.4 is 5.32 Å². The van der Waals surface area contributed by atoms with Gasteiger partial charge in [-0.1, -0.05) is 19.1 Å². The third-order valence-corrected chi connectivity index (χ3v) is 4.01. The zero-order chi connectivity index (χ0) is 12.0. The summed E-state index contributed by atoms with van der Waals surface area (Å²) in [5.74, 6) is 0.107. The number of methoxy groups -OCH3 is 1. The molecule has 0 amide bonds. The minimum absolute atomic E-state index is 0.107. The van der Waals surface area contributed by atoms with Crippen LogP contribution in [0.15, 0.2) is 29.2 Å². The van der Waals surface area contributed by atoms with E-state index in [0.717, 1.165) is 0 Å². The lowest BCUT2D eigenvalue weighted by atomic mass is 10.3. The largest absolute Gasteiger partial charge is 0.383 e. The highest BCUT2D eigenvalue weighted by Gasteiger charge is 2.15. The van der Waals surface area contributed by atoms with Gasteiger partial charge < -0.3 is 10.1 Å². The van der Waals surface area contributed by atoms with Crippen molar-refractivity contribution < 1.29 is 13.2 Å². The molecule has 0 saturated carbocycles. The van der Waals surface area contributed by atoms with Crippen LogP contribution in [0.1, 0.15) is 6.92 Å². The number of anilines is 1. The van der Waals surface area contributed by atoms with Crippen LogP contribution in [0.2, 0.25) is 0 Å². The van der Waals surface area contributed by atoms with Gasteiger partial charge in [0.05, 0.1) is 22.9 Å². The van der Waals surface area contributed by atoms with Crippen LogP contribution in [0.4, 0.5) is 5.69 Å². The standard InChI is InChI=1S/C11H17NO3S/c1-3-16(13,14)11-7-5-4-6-10(11)12-8-9-15-2/h4-7,12H,3,8-9H2,1-2H3. The van der Waals surface area contributed by atoms with E-state index in [-0.39, 0.29) is 5.75 Å². The van der Waals surface area contributed by atoms with Crippen LogP contribution in [-0.4, -0.2) is 34.4 Å². The Kier molecular flexibility index (Phi) is 4.76. The summed E-state index contributed by atoms with van der Waals surface area (Å²) in [6.07, 6.45) is 0. The zero-order valence-electron chi connectivity index (χ0n) is 9.56. The molecule has 16 heavy (non-hydrogen) atoms. The molecule has 0 fully saturated rings. The number of hydrogen-bond acceptors (Lipinski definition) is 4. The van der Waals surface area contributed by atoms with E-state index in [9.17, 15) is 8.42 Å². The zero-order valence-corrected chi connectivity index (χ0v) is 10.4. The quantitative estimate of drug-likeness (QED) is 0.770. The molecule has 0 atom stereocenters. The molecule has 0 heterocycles. The Bertz CT molecular complexity index is 429. The van der Waals surface area contributed by atoms with Crippen LogP contribution in [0.25, 0.3) is 0 Å². The minimum Gasteiger partial charge on any atom is -0.383 e. The lowest BCUT2D eigenvalue weighted by Gasteiger charge is -2.11. The van der Waals surface area contributed by atoms with Gasteiger partial charge in [-0.05, 0) is 12.1 Å². The summed E-state index contributed by atoms with van der Waals surface area (Å²) in [6, 6.07) is 6.92. The predicted molar refractivity (Wildman–Crippen MR) is 64.5 cm³/mol. The maximum absolute atomic E-state index is 11.8. The number of nitrogens with one attached hydrogen (secondary N) is 1. The van der Waals surface area contributed by atoms with Gasteiger partial charge in [0.1, 0.15) is 0 Å². The third kappa shape index (κ3) is 3.21. The third-order valence-electron chi connectivity index (χ3n) is 2.22. The number of hydrogen-bond donors (Lipinski definition) is 1. The lowest BCUT2D eigenvalue weighted by Crippen LogP contribution is -2.12. The number of benzene rings is 1. The fraction of sp³-hybridized carbons (Fsp3) is 0.455. The van der Waals surface area contributed by atoms with E-state index < -0.39 is 9.84 Å². The Morgan fingerprint density at radius 1 is 1.31 bits per heavy atom. The van der Waals surface area contributed by atoms with Crippen LogP contribution in [0.5, 0.6) is 0 Å². The van der Waals surface area contributed by atoms with Crippen molar-refractivity contribution in [1.29, 1.82) is 0 Å². The highest BCUT2D eigenvalue weighted by molar-refractivity contribution is 7.91. The first kappa shape index (κ1) is 13.0. The topological polar surface area (TPSA) is 55.4 Å².